The molecule has 2 aliphatic heterocycles. The van der Waals surface area contributed by atoms with Gasteiger partial charge in [0.1, 0.15) is 0 Å². The minimum absolute atomic E-state index is 0.103. The van der Waals surface area contributed by atoms with Gasteiger partial charge in [0.2, 0.25) is 6.79 Å². The number of fused-ring (bicyclic) bond motifs is 1. The van der Waals surface area contributed by atoms with E-state index in [1.807, 2.05) is 13.0 Å². The van der Waals surface area contributed by atoms with E-state index in [2.05, 4.69) is 5.32 Å². The molecule has 0 amide bonds. The molecule has 1 fully saturated rings. The van der Waals surface area contributed by atoms with Gasteiger partial charge in [-0.15, -0.1) is 0 Å². The van der Waals surface area contributed by atoms with Gasteiger partial charge in [-0.2, -0.15) is 0 Å². The molecule has 1 N–H and O–H groups in total. The van der Waals surface area contributed by atoms with Crippen molar-refractivity contribution in [3.8, 4) is 11.5 Å². The molecule has 5 nitrogen and oxygen atoms in total. The minimum Gasteiger partial charge on any atom is -0.454 e. The zero-order valence-corrected chi connectivity index (χ0v) is 10.9. The Labute approximate surface area is 111 Å². The van der Waals surface area contributed by atoms with Gasteiger partial charge in [-0.3, -0.25) is 4.79 Å². The fourth-order valence-corrected chi connectivity index (χ4v) is 2.43. The van der Waals surface area contributed by atoms with Gasteiger partial charge in [-0.05, 0) is 24.6 Å². The van der Waals surface area contributed by atoms with Gasteiger partial charge in [0.05, 0.1) is 13.2 Å². The van der Waals surface area contributed by atoms with Gasteiger partial charge in [0.25, 0.3) is 0 Å². The van der Waals surface area contributed by atoms with Crippen molar-refractivity contribution in [3.05, 3.63) is 23.3 Å². The molecule has 5 heteroatoms. The molecule has 0 spiro atoms. The van der Waals surface area contributed by atoms with E-state index in [0.29, 0.717) is 36.7 Å². The summed E-state index contributed by atoms with van der Waals surface area (Å²) in [5.41, 5.74) is 1.63. The number of carbonyl (C=O) groups excluding carboxylic acids is 1. The lowest BCUT2D eigenvalue weighted by molar-refractivity contribution is 0.0675. The van der Waals surface area contributed by atoms with Crippen molar-refractivity contribution in [3.63, 3.8) is 0 Å². The smallest absolute Gasteiger partial charge is 0.231 e. The number of ketones is 1. The molecule has 0 aromatic heterocycles. The maximum absolute atomic E-state index is 12.3. The largest absolute Gasteiger partial charge is 0.454 e. The summed E-state index contributed by atoms with van der Waals surface area (Å²) in [4.78, 5) is 12.3. The zero-order valence-electron chi connectivity index (χ0n) is 10.9. The predicted molar refractivity (Wildman–Crippen MR) is 68.9 cm³/mol. The molecule has 1 unspecified atom stereocenters. The quantitative estimate of drug-likeness (QED) is 0.833. The van der Waals surface area contributed by atoms with Crippen LogP contribution in [0.2, 0.25) is 0 Å². The van der Waals surface area contributed by atoms with E-state index in [4.69, 9.17) is 14.2 Å². The average molecular weight is 263 g/mol. The number of carbonyl (C=O) groups is 1. The molecule has 1 saturated heterocycles. The van der Waals surface area contributed by atoms with E-state index >= 15 is 0 Å². The minimum atomic E-state index is 0.103. The maximum atomic E-state index is 12.3. The highest BCUT2D eigenvalue weighted by Crippen LogP contribution is 2.35. The molecule has 0 aliphatic carbocycles. The normalized spacial score (nSPS) is 21.4. The molecule has 0 radical (unpaired) electrons. The third-order valence-corrected chi connectivity index (χ3v) is 3.45. The molecule has 3 rings (SSSR count). The Hall–Kier alpha value is -1.59. The van der Waals surface area contributed by atoms with Crippen LogP contribution < -0.4 is 14.8 Å². The van der Waals surface area contributed by atoms with Crippen molar-refractivity contribution in [1.29, 1.82) is 0 Å². The number of aryl methyl sites for hydroxylation is 1. The molecule has 0 saturated carbocycles. The maximum Gasteiger partial charge on any atom is 0.231 e. The molecule has 2 aliphatic rings. The molecule has 1 aromatic rings. The van der Waals surface area contributed by atoms with Crippen LogP contribution in [0.5, 0.6) is 11.5 Å². The predicted octanol–water partition coefficient (Wildman–Crippen LogP) is 1.28. The summed E-state index contributed by atoms with van der Waals surface area (Å²) in [6, 6.07) is 3.75. The third-order valence-electron chi connectivity index (χ3n) is 3.45. The summed E-state index contributed by atoms with van der Waals surface area (Å²) in [5, 5.41) is 3.29. The van der Waals surface area contributed by atoms with Crippen LogP contribution in [0.4, 0.5) is 0 Å². The van der Waals surface area contributed by atoms with Crippen molar-refractivity contribution in [2.24, 2.45) is 0 Å². The van der Waals surface area contributed by atoms with Gasteiger partial charge < -0.3 is 19.5 Å². The van der Waals surface area contributed by atoms with Gasteiger partial charge in [-0.25, -0.2) is 0 Å². The molecular weight excluding hydrogens is 246 g/mol. The van der Waals surface area contributed by atoms with Crippen molar-refractivity contribution >= 4 is 5.78 Å². The van der Waals surface area contributed by atoms with E-state index in [0.717, 1.165) is 12.1 Å². The summed E-state index contributed by atoms with van der Waals surface area (Å²) in [5.74, 6) is 1.48. The second kappa shape index (κ2) is 5.19. The summed E-state index contributed by atoms with van der Waals surface area (Å²) < 4.78 is 16.0. The Kier molecular flexibility index (Phi) is 3.40. The van der Waals surface area contributed by atoms with Crippen molar-refractivity contribution in [2.45, 2.75) is 19.4 Å². The number of rotatable bonds is 3. The Bertz CT molecular complexity index is 494. The van der Waals surface area contributed by atoms with Crippen LogP contribution in [-0.2, 0) is 4.74 Å². The molecule has 1 aromatic carbocycles. The average Bonchev–Trinajstić information content (AvgIpc) is 2.86. The number of ether oxygens (including phenoxy) is 3. The first kappa shape index (κ1) is 12.4. The van der Waals surface area contributed by atoms with Crippen LogP contribution in [0, 0.1) is 6.92 Å². The first-order valence-electron chi connectivity index (χ1n) is 6.48. The van der Waals surface area contributed by atoms with Gasteiger partial charge in [-0.1, -0.05) is 0 Å². The number of morpholine rings is 1. The summed E-state index contributed by atoms with van der Waals surface area (Å²) in [7, 11) is 0. The highest BCUT2D eigenvalue weighted by molar-refractivity contribution is 5.98. The van der Waals surface area contributed by atoms with Crippen LogP contribution in [-0.4, -0.2) is 38.4 Å². The number of hydrogen-bond acceptors (Lipinski definition) is 5. The highest BCUT2D eigenvalue weighted by Gasteiger charge is 2.22. The lowest BCUT2D eigenvalue weighted by Crippen LogP contribution is -2.42. The van der Waals surface area contributed by atoms with Crippen LogP contribution in [0.3, 0.4) is 0 Å². The van der Waals surface area contributed by atoms with Crippen molar-refractivity contribution in [2.75, 3.05) is 26.6 Å². The molecule has 1 atom stereocenters. The topological polar surface area (TPSA) is 56.8 Å². The van der Waals surface area contributed by atoms with Crippen LogP contribution >= 0.6 is 0 Å². The van der Waals surface area contributed by atoms with E-state index in [1.165, 1.54) is 0 Å². The number of hydrogen-bond donors (Lipinski definition) is 1. The summed E-state index contributed by atoms with van der Waals surface area (Å²) >= 11 is 0. The number of Topliss-reactive ketones (excluding diaryl/α,β-unsaturated/α-hetero) is 1. The second-order valence-electron chi connectivity index (χ2n) is 4.87. The number of nitrogens with one attached hydrogen (secondary N) is 1. The Morgan fingerprint density at radius 1 is 1.37 bits per heavy atom. The first-order chi connectivity index (χ1) is 9.24. The van der Waals surface area contributed by atoms with Crippen molar-refractivity contribution < 1.29 is 19.0 Å². The van der Waals surface area contributed by atoms with Gasteiger partial charge in [0.15, 0.2) is 17.3 Å². The van der Waals surface area contributed by atoms with Gasteiger partial charge in [0, 0.05) is 24.6 Å². The fraction of sp³-hybridized carbons (Fsp3) is 0.500. The Balaban J connectivity index is 1.75. The lowest BCUT2D eigenvalue weighted by Gasteiger charge is -2.23. The number of benzene rings is 1. The zero-order chi connectivity index (χ0) is 13.2. The van der Waals surface area contributed by atoms with Crippen LogP contribution in [0.15, 0.2) is 12.1 Å². The van der Waals surface area contributed by atoms with Crippen LogP contribution in [0.25, 0.3) is 0 Å². The van der Waals surface area contributed by atoms with E-state index in [9.17, 15) is 4.79 Å². The Morgan fingerprint density at radius 3 is 2.89 bits per heavy atom. The van der Waals surface area contributed by atoms with Gasteiger partial charge >= 0.3 is 0 Å². The first-order valence-corrected chi connectivity index (χ1v) is 6.48. The summed E-state index contributed by atoms with van der Waals surface area (Å²) in [6.07, 6.45) is 0.445. The standard InChI is InChI=1S/C14H17NO4/c1-9-4-13-14(19-8-18-13)6-11(9)12(16)5-10-7-17-3-2-15-10/h4,6,10,15H,2-3,5,7-8H2,1H3. The molecule has 0 bridgehead atoms. The molecule has 102 valence electrons. The highest BCUT2D eigenvalue weighted by atomic mass is 16.7. The SMILES string of the molecule is Cc1cc2c(cc1C(=O)CC1COCCN1)OCO2. The third kappa shape index (κ3) is 2.57. The van der Waals surface area contributed by atoms with E-state index < -0.39 is 0 Å². The second-order valence-corrected chi connectivity index (χ2v) is 4.87. The van der Waals surface area contributed by atoms with E-state index in [-0.39, 0.29) is 18.6 Å². The molecule has 19 heavy (non-hydrogen) atoms. The summed E-state index contributed by atoms with van der Waals surface area (Å²) in [6.45, 7) is 4.26. The van der Waals surface area contributed by atoms with Crippen LogP contribution in [0.1, 0.15) is 22.3 Å². The Morgan fingerprint density at radius 2 is 2.16 bits per heavy atom. The fourth-order valence-electron chi connectivity index (χ4n) is 2.43. The lowest BCUT2D eigenvalue weighted by atomic mass is 9.98. The van der Waals surface area contributed by atoms with Crippen molar-refractivity contribution in [1.82, 2.24) is 5.32 Å². The molecule has 2 heterocycles. The monoisotopic (exact) mass is 263 g/mol. The van der Waals surface area contributed by atoms with E-state index in [1.54, 1.807) is 6.07 Å². The molecular formula is C14H17NO4.